The van der Waals surface area contributed by atoms with E-state index in [9.17, 15) is 14.4 Å². The third-order valence-electron chi connectivity index (χ3n) is 9.15. The van der Waals surface area contributed by atoms with Crippen molar-refractivity contribution in [3.8, 4) is 0 Å². The van der Waals surface area contributed by atoms with Crippen molar-refractivity contribution in [1.29, 1.82) is 0 Å². The lowest BCUT2D eigenvalue weighted by molar-refractivity contribution is -0.145. The van der Waals surface area contributed by atoms with Crippen molar-refractivity contribution < 1.29 is 23.9 Å². The molecule has 1 unspecified atom stereocenters. The van der Waals surface area contributed by atoms with Crippen molar-refractivity contribution >= 4 is 17.7 Å². The molecule has 214 valence electrons. The number of esters is 2. The second kappa shape index (κ2) is 18.8. The fourth-order valence-corrected chi connectivity index (χ4v) is 6.30. The molecule has 5 heteroatoms. The van der Waals surface area contributed by atoms with Crippen molar-refractivity contribution in [3.05, 3.63) is 0 Å². The molecule has 0 spiro atoms. The molecule has 3 aliphatic carbocycles. The quantitative estimate of drug-likeness (QED) is 0.106. The molecule has 3 fully saturated rings. The van der Waals surface area contributed by atoms with E-state index in [0.717, 1.165) is 57.3 Å². The lowest BCUT2D eigenvalue weighted by Gasteiger charge is -2.46. The molecule has 3 aliphatic rings. The molecule has 37 heavy (non-hydrogen) atoms. The van der Waals surface area contributed by atoms with Gasteiger partial charge in [0.2, 0.25) is 0 Å². The second-order valence-corrected chi connectivity index (χ2v) is 12.0. The van der Waals surface area contributed by atoms with Crippen molar-refractivity contribution in [3.63, 3.8) is 0 Å². The first kappa shape index (κ1) is 31.8. The van der Waals surface area contributed by atoms with Gasteiger partial charge in [0.15, 0.2) is 0 Å². The first-order valence-electron chi connectivity index (χ1n) is 15.8. The van der Waals surface area contributed by atoms with Crippen LogP contribution in [0.2, 0.25) is 0 Å². The lowest BCUT2D eigenvalue weighted by Crippen LogP contribution is -2.35. The Balaban J connectivity index is 1.36. The number of carbonyl (C=O) groups excluding carboxylic acids is 3. The third-order valence-corrected chi connectivity index (χ3v) is 9.15. The molecule has 0 N–H and O–H groups in total. The van der Waals surface area contributed by atoms with E-state index >= 15 is 0 Å². The van der Waals surface area contributed by atoms with Crippen LogP contribution in [0.3, 0.4) is 0 Å². The monoisotopic (exact) mass is 520 g/mol. The summed E-state index contributed by atoms with van der Waals surface area (Å²) in [6.45, 7) is 5.54. The number of unbranched alkanes of at least 4 members (excludes halogenated alkanes) is 5. The number of ether oxygens (including phenoxy) is 2. The maximum absolute atomic E-state index is 12.1. The van der Waals surface area contributed by atoms with Crippen LogP contribution in [-0.2, 0) is 23.9 Å². The van der Waals surface area contributed by atoms with Crippen molar-refractivity contribution in [2.75, 3.05) is 13.2 Å². The molecule has 0 radical (unpaired) electrons. The Morgan fingerprint density at radius 1 is 0.703 bits per heavy atom. The van der Waals surface area contributed by atoms with Crippen LogP contribution in [0.4, 0.5) is 0 Å². The summed E-state index contributed by atoms with van der Waals surface area (Å²) in [6, 6.07) is 0. The Morgan fingerprint density at radius 2 is 1.27 bits per heavy atom. The summed E-state index contributed by atoms with van der Waals surface area (Å²) in [7, 11) is 0. The van der Waals surface area contributed by atoms with Crippen molar-refractivity contribution in [1.82, 2.24) is 0 Å². The molecular weight excluding hydrogens is 464 g/mol. The Kier molecular flexibility index (Phi) is 16.2. The number of Topliss-reactive ketones (excluding diaryl/α,β-unsaturated/α-hetero) is 1. The van der Waals surface area contributed by atoms with Crippen LogP contribution >= 0.6 is 0 Å². The van der Waals surface area contributed by atoms with Gasteiger partial charge < -0.3 is 9.47 Å². The minimum Gasteiger partial charge on any atom is -0.466 e. The van der Waals surface area contributed by atoms with Crippen LogP contribution in [-0.4, -0.2) is 30.9 Å². The van der Waals surface area contributed by atoms with E-state index in [1.807, 2.05) is 0 Å². The number of hydrogen-bond donors (Lipinski definition) is 0. The fraction of sp³-hybridized carbons (Fsp3) is 0.906. The molecular formula is C32H56O5. The van der Waals surface area contributed by atoms with Gasteiger partial charge in [-0.1, -0.05) is 58.8 Å². The van der Waals surface area contributed by atoms with Gasteiger partial charge in [0, 0.05) is 25.7 Å². The van der Waals surface area contributed by atoms with Gasteiger partial charge in [-0.25, -0.2) is 0 Å². The smallest absolute Gasteiger partial charge is 0.305 e. The Morgan fingerprint density at radius 3 is 1.92 bits per heavy atom. The highest BCUT2D eigenvalue weighted by molar-refractivity contribution is 5.79. The molecule has 2 bridgehead atoms. The second-order valence-electron chi connectivity index (χ2n) is 12.0. The van der Waals surface area contributed by atoms with E-state index in [-0.39, 0.29) is 17.7 Å². The minimum atomic E-state index is -0.145. The molecule has 0 aromatic heterocycles. The number of fused-ring (bicyclic) bond motifs is 3. The maximum atomic E-state index is 12.1. The van der Waals surface area contributed by atoms with Gasteiger partial charge in [0.05, 0.1) is 13.2 Å². The zero-order chi connectivity index (χ0) is 26.8. The number of rotatable bonds is 22. The van der Waals surface area contributed by atoms with Gasteiger partial charge >= 0.3 is 11.9 Å². The zero-order valence-corrected chi connectivity index (χ0v) is 24.2. The van der Waals surface area contributed by atoms with E-state index in [1.54, 1.807) is 0 Å². The molecule has 0 aliphatic heterocycles. The summed E-state index contributed by atoms with van der Waals surface area (Å²) in [5.41, 5.74) is 0.445. The van der Waals surface area contributed by atoms with Crippen LogP contribution in [0.1, 0.15) is 155 Å². The topological polar surface area (TPSA) is 69.7 Å². The van der Waals surface area contributed by atoms with E-state index in [1.165, 1.54) is 57.8 Å². The average Bonchev–Trinajstić information content (AvgIpc) is 2.91. The van der Waals surface area contributed by atoms with Gasteiger partial charge in [-0.3, -0.25) is 14.4 Å². The van der Waals surface area contributed by atoms with E-state index in [4.69, 9.17) is 9.47 Å². The summed E-state index contributed by atoms with van der Waals surface area (Å²) in [5.74, 6) is 1.67. The van der Waals surface area contributed by atoms with Crippen LogP contribution in [0, 0.1) is 17.3 Å². The number of ketones is 1. The molecule has 0 aromatic carbocycles. The zero-order valence-electron chi connectivity index (χ0n) is 24.2. The van der Waals surface area contributed by atoms with Gasteiger partial charge in [0.25, 0.3) is 0 Å². The predicted octanol–water partition coefficient (Wildman–Crippen LogP) is 8.51. The number of carbonyl (C=O) groups is 3. The Labute approximate surface area is 227 Å². The minimum absolute atomic E-state index is 0.0696. The van der Waals surface area contributed by atoms with Gasteiger partial charge in [-0.15, -0.1) is 0 Å². The Hall–Kier alpha value is -1.39. The first-order chi connectivity index (χ1) is 18.0. The molecule has 3 rings (SSSR count). The summed E-state index contributed by atoms with van der Waals surface area (Å²) < 4.78 is 10.9. The normalized spacial score (nSPS) is 21.5. The van der Waals surface area contributed by atoms with Crippen LogP contribution in [0.15, 0.2) is 0 Å². The van der Waals surface area contributed by atoms with E-state index in [0.29, 0.717) is 56.7 Å². The van der Waals surface area contributed by atoms with Gasteiger partial charge in [0.1, 0.15) is 5.78 Å². The number of hydrogen-bond acceptors (Lipinski definition) is 5. The summed E-state index contributed by atoms with van der Waals surface area (Å²) in [6.07, 6.45) is 22.3. The van der Waals surface area contributed by atoms with Crippen LogP contribution in [0.25, 0.3) is 0 Å². The first-order valence-corrected chi connectivity index (χ1v) is 15.8. The third kappa shape index (κ3) is 13.8. The van der Waals surface area contributed by atoms with Crippen LogP contribution < -0.4 is 0 Å². The highest BCUT2D eigenvalue weighted by Gasteiger charge is 2.39. The van der Waals surface area contributed by atoms with Crippen LogP contribution in [0.5, 0.6) is 0 Å². The van der Waals surface area contributed by atoms with Gasteiger partial charge in [-0.05, 0) is 87.9 Å². The predicted molar refractivity (Wildman–Crippen MR) is 149 cm³/mol. The Bertz CT molecular complexity index is 636. The standard InChI is InChI=1S/C32H56O5/c1-3-5-12-27(4-2)20-25-36-30(34)15-10-8-6-7-9-13-29(33)14-11-16-31(35)37-26-24-32-21-17-28(18-22-32)19-23-32/h27-28H,3-26H2,1-2H3. The maximum Gasteiger partial charge on any atom is 0.305 e. The summed E-state index contributed by atoms with van der Waals surface area (Å²) >= 11 is 0. The molecule has 3 saturated carbocycles. The average molecular weight is 521 g/mol. The van der Waals surface area contributed by atoms with Crippen molar-refractivity contribution in [2.45, 2.75) is 155 Å². The highest BCUT2D eigenvalue weighted by Crippen LogP contribution is 2.52. The fourth-order valence-electron chi connectivity index (χ4n) is 6.30. The SMILES string of the molecule is CCCCC(CC)CCOC(=O)CCCCCCCC(=O)CCCC(=O)OCCC12CCC(CC1)CC2. The largest absolute Gasteiger partial charge is 0.466 e. The molecule has 0 amide bonds. The summed E-state index contributed by atoms with van der Waals surface area (Å²) in [5, 5.41) is 0. The van der Waals surface area contributed by atoms with E-state index in [2.05, 4.69) is 13.8 Å². The highest BCUT2D eigenvalue weighted by atomic mass is 16.5. The summed E-state index contributed by atoms with van der Waals surface area (Å²) in [4.78, 5) is 36.1. The molecule has 1 atom stereocenters. The lowest BCUT2D eigenvalue weighted by atomic mass is 9.59. The molecule has 0 aromatic rings. The van der Waals surface area contributed by atoms with E-state index < -0.39 is 0 Å². The van der Waals surface area contributed by atoms with Gasteiger partial charge in [-0.2, -0.15) is 0 Å². The van der Waals surface area contributed by atoms with Crippen molar-refractivity contribution in [2.24, 2.45) is 17.3 Å². The molecule has 5 nitrogen and oxygen atoms in total. The molecule has 0 saturated heterocycles. The molecule has 0 heterocycles.